The number of carbonyl (C=O) groups is 2. The molecule has 0 fully saturated rings. The largest absolute Gasteiger partial charge is 0.366 e. The van der Waals surface area contributed by atoms with E-state index in [4.69, 9.17) is 10.9 Å². The van der Waals surface area contributed by atoms with E-state index in [1.807, 2.05) is 37.3 Å². The Balaban J connectivity index is 2.46. The summed E-state index contributed by atoms with van der Waals surface area (Å²) < 4.78 is 0. The Morgan fingerprint density at radius 1 is 1.12 bits per heavy atom. The molecular weight excluding hydrogens is 330 g/mol. The predicted molar refractivity (Wildman–Crippen MR) is 98.6 cm³/mol. The maximum Gasteiger partial charge on any atom is 0.252 e. The maximum atomic E-state index is 12.1. The summed E-state index contributed by atoms with van der Waals surface area (Å²) >= 11 is 0. The molecule has 6 heteroatoms. The van der Waals surface area contributed by atoms with Gasteiger partial charge in [-0.3, -0.25) is 14.8 Å². The van der Waals surface area contributed by atoms with Gasteiger partial charge in [-0.15, -0.1) is 0 Å². The Labute approximate surface area is 152 Å². The number of amides is 2. The van der Waals surface area contributed by atoms with Crippen molar-refractivity contribution < 1.29 is 14.8 Å². The molecule has 2 aromatic rings. The quantitative estimate of drug-likeness (QED) is 0.358. The Bertz CT molecular complexity index is 838. The molecule has 6 nitrogen and oxygen atoms in total. The number of likely N-dealkylation sites (N-methyl/N-ethyl adjacent to an activating group) is 1. The van der Waals surface area contributed by atoms with Crippen molar-refractivity contribution in [3.63, 3.8) is 0 Å². The highest BCUT2D eigenvalue weighted by atomic mass is 16.5. The molecule has 26 heavy (non-hydrogen) atoms. The summed E-state index contributed by atoms with van der Waals surface area (Å²) in [6.45, 7) is 2.78. The van der Waals surface area contributed by atoms with Gasteiger partial charge in [0.1, 0.15) is 0 Å². The molecule has 0 unspecified atom stereocenters. The first-order chi connectivity index (χ1) is 12.6. The van der Waals surface area contributed by atoms with Crippen LogP contribution < -0.4 is 16.5 Å². The predicted octanol–water partition coefficient (Wildman–Crippen LogP) is 1.38. The first kappa shape index (κ1) is 19.2. The number of hydroxylamine groups is 1. The number of primary amides is 1. The average Bonchev–Trinajstić information content (AvgIpc) is 2.67. The summed E-state index contributed by atoms with van der Waals surface area (Å²) in [5, 5.41) is 12.1. The SMILES string of the molecule is CCNC[C@@H](C(=O)NO)c1cc(C#Cc2ccccc2)ccc1C(N)=O. The molecule has 0 saturated carbocycles. The van der Waals surface area contributed by atoms with Gasteiger partial charge in [0.25, 0.3) is 5.91 Å². The summed E-state index contributed by atoms with van der Waals surface area (Å²) in [6.07, 6.45) is 0. The minimum Gasteiger partial charge on any atom is -0.366 e. The molecule has 0 aliphatic carbocycles. The van der Waals surface area contributed by atoms with E-state index in [2.05, 4.69) is 17.2 Å². The number of rotatable bonds is 6. The van der Waals surface area contributed by atoms with Gasteiger partial charge < -0.3 is 11.1 Å². The lowest BCUT2D eigenvalue weighted by atomic mass is 9.91. The number of nitrogens with one attached hydrogen (secondary N) is 2. The van der Waals surface area contributed by atoms with Gasteiger partial charge >= 0.3 is 0 Å². The van der Waals surface area contributed by atoms with E-state index in [0.29, 0.717) is 17.7 Å². The monoisotopic (exact) mass is 351 g/mol. The van der Waals surface area contributed by atoms with Crippen LogP contribution in [-0.4, -0.2) is 30.1 Å². The van der Waals surface area contributed by atoms with E-state index in [-0.39, 0.29) is 12.1 Å². The van der Waals surface area contributed by atoms with Crippen molar-refractivity contribution in [2.24, 2.45) is 5.73 Å². The minimum atomic E-state index is -0.777. The van der Waals surface area contributed by atoms with E-state index < -0.39 is 17.7 Å². The lowest BCUT2D eigenvalue weighted by Crippen LogP contribution is -2.35. The molecule has 0 aliphatic heterocycles. The van der Waals surface area contributed by atoms with E-state index in [1.54, 1.807) is 23.7 Å². The summed E-state index contributed by atoms with van der Waals surface area (Å²) in [4.78, 5) is 23.9. The molecule has 0 aromatic heterocycles. The summed E-state index contributed by atoms with van der Waals surface area (Å²) in [7, 11) is 0. The average molecular weight is 351 g/mol. The van der Waals surface area contributed by atoms with Crippen LogP contribution in [0, 0.1) is 11.8 Å². The van der Waals surface area contributed by atoms with Crippen LogP contribution in [0.2, 0.25) is 0 Å². The molecule has 0 saturated heterocycles. The highest BCUT2D eigenvalue weighted by Gasteiger charge is 2.24. The van der Waals surface area contributed by atoms with Crippen molar-refractivity contribution in [1.82, 2.24) is 10.8 Å². The van der Waals surface area contributed by atoms with Crippen molar-refractivity contribution >= 4 is 11.8 Å². The molecule has 0 aliphatic rings. The highest BCUT2D eigenvalue weighted by Crippen LogP contribution is 2.22. The molecule has 0 heterocycles. The molecule has 0 radical (unpaired) electrons. The molecule has 0 bridgehead atoms. The molecule has 2 rings (SSSR count). The summed E-state index contributed by atoms with van der Waals surface area (Å²) in [5.74, 6) is 4.00. The van der Waals surface area contributed by atoms with E-state index >= 15 is 0 Å². The third-order valence-corrected chi connectivity index (χ3v) is 3.84. The Morgan fingerprint density at radius 3 is 2.42 bits per heavy atom. The number of hydrogen-bond acceptors (Lipinski definition) is 4. The zero-order valence-corrected chi connectivity index (χ0v) is 14.5. The van der Waals surface area contributed by atoms with Gasteiger partial charge in [0, 0.05) is 23.2 Å². The smallest absolute Gasteiger partial charge is 0.252 e. The fourth-order valence-corrected chi connectivity index (χ4v) is 2.53. The lowest BCUT2D eigenvalue weighted by molar-refractivity contribution is -0.130. The highest BCUT2D eigenvalue weighted by molar-refractivity contribution is 5.97. The van der Waals surface area contributed by atoms with Crippen LogP contribution in [-0.2, 0) is 4.79 Å². The third-order valence-electron chi connectivity index (χ3n) is 3.84. The molecular formula is C20H21N3O3. The molecule has 2 aromatic carbocycles. The Kier molecular flexibility index (Phi) is 6.92. The van der Waals surface area contributed by atoms with Crippen molar-refractivity contribution in [3.8, 4) is 11.8 Å². The van der Waals surface area contributed by atoms with Crippen LogP contribution in [0.4, 0.5) is 0 Å². The van der Waals surface area contributed by atoms with E-state index in [9.17, 15) is 9.59 Å². The molecule has 134 valence electrons. The number of nitrogens with two attached hydrogens (primary N) is 1. The van der Waals surface area contributed by atoms with Gasteiger partial charge in [0.15, 0.2) is 0 Å². The number of carbonyl (C=O) groups excluding carboxylic acids is 2. The fraction of sp³-hybridized carbons (Fsp3) is 0.200. The van der Waals surface area contributed by atoms with Gasteiger partial charge in [-0.1, -0.05) is 37.0 Å². The zero-order chi connectivity index (χ0) is 18.9. The molecule has 5 N–H and O–H groups in total. The Hall–Kier alpha value is -3.14. The van der Waals surface area contributed by atoms with Gasteiger partial charge in [0.2, 0.25) is 5.91 Å². The summed E-state index contributed by atoms with van der Waals surface area (Å²) in [6, 6.07) is 14.4. The summed E-state index contributed by atoms with van der Waals surface area (Å²) in [5.41, 5.74) is 9.23. The van der Waals surface area contributed by atoms with Crippen LogP contribution in [0.5, 0.6) is 0 Å². The van der Waals surface area contributed by atoms with Crippen molar-refractivity contribution in [3.05, 3.63) is 70.8 Å². The number of hydrogen-bond donors (Lipinski definition) is 4. The van der Waals surface area contributed by atoms with Crippen molar-refractivity contribution in [2.45, 2.75) is 12.8 Å². The number of benzene rings is 2. The third kappa shape index (κ3) is 4.93. The Morgan fingerprint density at radius 2 is 1.81 bits per heavy atom. The minimum absolute atomic E-state index is 0.224. The van der Waals surface area contributed by atoms with Crippen LogP contribution in [0.3, 0.4) is 0 Å². The first-order valence-electron chi connectivity index (χ1n) is 8.22. The van der Waals surface area contributed by atoms with Crippen molar-refractivity contribution in [1.29, 1.82) is 0 Å². The fourth-order valence-electron chi connectivity index (χ4n) is 2.53. The first-order valence-corrected chi connectivity index (χ1v) is 8.22. The normalized spacial score (nSPS) is 11.2. The molecule has 0 spiro atoms. The van der Waals surface area contributed by atoms with Gasteiger partial charge in [-0.2, -0.15) is 0 Å². The van der Waals surface area contributed by atoms with Gasteiger partial charge in [-0.05, 0) is 42.4 Å². The second kappa shape index (κ2) is 9.37. The second-order valence-corrected chi connectivity index (χ2v) is 5.62. The van der Waals surface area contributed by atoms with Gasteiger partial charge in [-0.25, -0.2) is 5.48 Å². The zero-order valence-electron chi connectivity index (χ0n) is 14.5. The van der Waals surface area contributed by atoms with E-state index in [0.717, 1.165) is 5.56 Å². The van der Waals surface area contributed by atoms with Crippen LogP contribution in [0.15, 0.2) is 48.5 Å². The van der Waals surface area contributed by atoms with Crippen LogP contribution in [0.25, 0.3) is 0 Å². The standard InChI is InChI=1S/C20H21N3O3/c1-2-22-13-18(20(25)23-26)17-12-15(10-11-16(17)19(21)24)9-8-14-6-4-3-5-7-14/h3-7,10-12,18,22,26H,2,13H2,1H3,(H2,21,24)(H,23,25)/t18-/m1/s1. The van der Waals surface area contributed by atoms with Gasteiger partial charge in [0.05, 0.1) is 5.92 Å². The van der Waals surface area contributed by atoms with Crippen molar-refractivity contribution in [2.75, 3.05) is 13.1 Å². The molecule has 1 atom stereocenters. The second-order valence-electron chi connectivity index (χ2n) is 5.62. The maximum absolute atomic E-state index is 12.1. The van der Waals surface area contributed by atoms with E-state index in [1.165, 1.54) is 0 Å². The lowest BCUT2D eigenvalue weighted by Gasteiger charge is -2.18. The molecule has 2 amide bonds. The van der Waals surface area contributed by atoms with Crippen LogP contribution in [0.1, 0.15) is 39.9 Å². The van der Waals surface area contributed by atoms with Crippen LogP contribution >= 0.6 is 0 Å². The topological polar surface area (TPSA) is 104 Å².